The first-order valence-electron chi connectivity index (χ1n) is 10.9. The number of morpholine rings is 1. The first kappa shape index (κ1) is 23.7. The van der Waals surface area contributed by atoms with Gasteiger partial charge in [0.15, 0.2) is 0 Å². The molecule has 10 nitrogen and oxygen atoms in total. The summed E-state index contributed by atoms with van der Waals surface area (Å²) in [5.41, 5.74) is 1.40. The van der Waals surface area contributed by atoms with E-state index < -0.39 is 10.0 Å². The van der Waals surface area contributed by atoms with Gasteiger partial charge in [0.05, 0.1) is 29.1 Å². The van der Waals surface area contributed by atoms with Crippen molar-refractivity contribution in [2.75, 3.05) is 31.6 Å². The lowest BCUT2D eigenvalue weighted by molar-refractivity contribution is -0.116. The van der Waals surface area contributed by atoms with E-state index in [0.29, 0.717) is 55.1 Å². The fourth-order valence-electron chi connectivity index (χ4n) is 3.69. The first-order valence-corrected chi connectivity index (χ1v) is 13.1. The monoisotopic (exact) mass is 492 g/mol. The number of aromatic nitrogens is 4. The minimum absolute atomic E-state index is 0.162. The van der Waals surface area contributed by atoms with E-state index in [0.717, 1.165) is 16.9 Å². The van der Waals surface area contributed by atoms with Gasteiger partial charge in [-0.3, -0.25) is 4.79 Å². The second-order valence-electron chi connectivity index (χ2n) is 8.40. The number of nitrogens with one attached hydrogen (secondary N) is 1. The quantitative estimate of drug-likeness (QED) is 0.512. The van der Waals surface area contributed by atoms with Crippen molar-refractivity contribution in [1.29, 1.82) is 0 Å². The molecule has 3 heterocycles. The number of hydrogen-bond donors (Lipinski definition) is 1. The average Bonchev–Trinajstić information content (AvgIpc) is 3.35. The maximum atomic E-state index is 12.9. The molecule has 1 fully saturated rings. The molecule has 1 aliphatic heterocycles. The Labute approximate surface area is 197 Å². The number of anilines is 1. The molecule has 0 unspecified atom stereocenters. The lowest BCUT2D eigenvalue weighted by Crippen LogP contribution is -2.40. The number of hydrogen-bond acceptors (Lipinski definition) is 8. The Morgan fingerprint density at radius 3 is 2.73 bits per heavy atom. The summed E-state index contributed by atoms with van der Waals surface area (Å²) in [6, 6.07) is 4.97. The van der Waals surface area contributed by atoms with Gasteiger partial charge in [-0.15, -0.1) is 10.2 Å². The zero-order chi connectivity index (χ0) is 23.6. The number of ether oxygens (including phenoxy) is 1. The van der Waals surface area contributed by atoms with E-state index in [-0.39, 0.29) is 17.2 Å². The van der Waals surface area contributed by atoms with E-state index in [1.165, 1.54) is 15.6 Å². The molecule has 0 spiro atoms. The second-order valence-corrected chi connectivity index (χ2v) is 11.4. The second kappa shape index (κ2) is 9.84. The minimum Gasteiger partial charge on any atom is -0.379 e. The Morgan fingerprint density at radius 1 is 1.24 bits per heavy atom. The number of benzene rings is 1. The number of carbonyl (C=O) groups excluding carboxylic acids is 1. The molecule has 1 aliphatic rings. The summed E-state index contributed by atoms with van der Waals surface area (Å²) in [7, 11) is -1.73. The van der Waals surface area contributed by atoms with Crippen LogP contribution in [0.25, 0.3) is 11.0 Å². The number of nitrogens with zero attached hydrogens (tertiary/aromatic N) is 5. The zero-order valence-corrected chi connectivity index (χ0v) is 20.6. The van der Waals surface area contributed by atoms with Crippen LogP contribution in [0.15, 0.2) is 23.1 Å². The van der Waals surface area contributed by atoms with Crippen molar-refractivity contribution in [1.82, 2.24) is 24.1 Å². The fraction of sp³-hybridized carbons (Fsp3) is 0.524. The van der Waals surface area contributed by atoms with E-state index in [2.05, 4.69) is 34.3 Å². The number of fused-ring (bicyclic) bond motifs is 1. The number of aryl methyl sites for hydroxylation is 2. The van der Waals surface area contributed by atoms with E-state index in [4.69, 9.17) is 4.74 Å². The summed E-state index contributed by atoms with van der Waals surface area (Å²) >= 11 is 1.39. The third-order valence-corrected chi connectivity index (χ3v) is 8.18. The van der Waals surface area contributed by atoms with Gasteiger partial charge in [-0.1, -0.05) is 25.2 Å². The number of amides is 1. The summed E-state index contributed by atoms with van der Waals surface area (Å²) in [4.78, 5) is 17.2. The predicted molar refractivity (Wildman–Crippen MR) is 126 cm³/mol. The largest absolute Gasteiger partial charge is 0.379 e. The molecule has 1 aromatic carbocycles. The van der Waals surface area contributed by atoms with Gasteiger partial charge in [0.2, 0.25) is 21.1 Å². The van der Waals surface area contributed by atoms with Gasteiger partial charge in [-0.05, 0) is 24.1 Å². The van der Waals surface area contributed by atoms with Gasteiger partial charge in [0.1, 0.15) is 10.8 Å². The molecule has 178 valence electrons. The molecule has 2 aromatic heterocycles. The Morgan fingerprint density at radius 2 is 2.00 bits per heavy atom. The normalized spacial score (nSPS) is 15.4. The Balaban J connectivity index is 1.43. The molecule has 33 heavy (non-hydrogen) atoms. The van der Waals surface area contributed by atoms with Crippen LogP contribution in [0, 0.1) is 5.92 Å². The summed E-state index contributed by atoms with van der Waals surface area (Å²) in [6.07, 6.45) is 1.48. The average molecular weight is 493 g/mol. The molecule has 1 amide bonds. The van der Waals surface area contributed by atoms with Crippen LogP contribution in [0.3, 0.4) is 0 Å². The van der Waals surface area contributed by atoms with Crippen LogP contribution < -0.4 is 5.32 Å². The number of carbonyl (C=O) groups is 1. The highest BCUT2D eigenvalue weighted by atomic mass is 32.2. The fourth-order valence-corrected chi connectivity index (χ4v) is 6.09. The Bertz CT molecular complexity index is 1240. The van der Waals surface area contributed by atoms with Gasteiger partial charge >= 0.3 is 0 Å². The lowest BCUT2D eigenvalue weighted by Gasteiger charge is -2.26. The summed E-state index contributed by atoms with van der Waals surface area (Å²) in [5.74, 6) is 1.02. The minimum atomic E-state index is -3.59. The van der Waals surface area contributed by atoms with Gasteiger partial charge in [-0.2, -0.15) is 4.31 Å². The molecule has 0 radical (unpaired) electrons. The molecule has 12 heteroatoms. The standard InChI is InChI=1S/C21H28N6O4S2/c1-14(2)12-20-24-25-21(32-20)23-19(28)7-6-18-22-16-13-15(4-5-17(16)26(18)3)33(29,30)27-8-10-31-11-9-27/h4-5,13-14H,6-12H2,1-3H3,(H,23,25,28). The molecule has 1 N–H and O–H groups in total. The maximum Gasteiger partial charge on any atom is 0.243 e. The smallest absolute Gasteiger partial charge is 0.243 e. The number of rotatable bonds is 8. The van der Waals surface area contributed by atoms with Crippen LogP contribution in [0.4, 0.5) is 5.13 Å². The van der Waals surface area contributed by atoms with Crippen LogP contribution in [0.1, 0.15) is 31.1 Å². The van der Waals surface area contributed by atoms with Crippen LogP contribution >= 0.6 is 11.3 Å². The third kappa shape index (κ3) is 5.40. The van der Waals surface area contributed by atoms with E-state index >= 15 is 0 Å². The molecule has 3 aromatic rings. The molecule has 0 aliphatic carbocycles. The van der Waals surface area contributed by atoms with E-state index in [1.807, 2.05) is 11.6 Å². The Kier molecular flexibility index (Phi) is 7.07. The Hall–Kier alpha value is -2.41. The lowest BCUT2D eigenvalue weighted by atomic mass is 10.1. The van der Waals surface area contributed by atoms with Gasteiger partial charge in [-0.25, -0.2) is 13.4 Å². The molecular formula is C21H28N6O4S2. The number of imidazole rings is 1. The van der Waals surface area contributed by atoms with Gasteiger partial charge in [0.25, 0.3) is 0 Å². The van der Waals surface area contributed by atoms with Gasteiger partial charge < -0.3 is 14.6 Å². The van der Waals surface area contributed by atoms with Crippen LogP contribution in [-0.4, -0.2) is 64.7 Å². The maximum absolute atomic E-state index is 12.9. The summed E-state index contributed by atoms with van der Waals surface area (Å²) < 4.78 is 34.5. The van der Waals surface area contributed by atoms with Crippen LogP contribution in [-0.2, 0) is 39.4 Å². The molecule has 1 saturated heterocycles. The van der Waals surface area contributed by atoms with Crippen LogP contribution in [0.5, 0.6) is 0 Å². The van der Waals surface area contributed by atoms with Crippen molar-refractivity contribution < 1.29 is 17.9 Å². The zero-order valence-electron chi connectivity index (χ0n) is 18.9. The van der Waals surface area contributed by atoms with E-state index in [1.54, 1.807) is 18.2 Å². The third-order valence-electron chi connectivity index (χ3n) is 5.42. The number of sulfonamides is 1. The molecule has 0 bridgehead atoms. The SMILES string of the molecule is CC(C)Cc1nnc(NC(=O)CCc2nc3cc(S(=O)(=O)N4CCOCC4)ccc3n2C)s1. The van der Waals surface area contributed by atoms with Crippen molar-refractivity contribution in [3.63, 3.8) is 0 Å². The van der Waals surface area contributed by atoms with Crippen molar-refractivity contribution in [2.45, 2.75) is 38.0 Å². The van der Waals surface area contributed by atoms with E-state index in [9.17, 15) is 13.2 Å². The van der Waals surface area contributed by atoms with Crippen molar-refractivity contribution in [3.05, 3.63) is 29.0 Å². The van der Waals surface area contributed by atoms with Gasteiger partial charge in [0, 0.05) is 39.4 Å². The van der Waals surface area contributed by atoms with Crippen molar-refractivity contribution in [3.8, 4) is 0 Å². The molecule has 0 atom stereocenters. The van der Waals surface area contributed by atoms with Crippen molar-refractivity contribution in [2.24, 2.45) is 13.0 Å². The first-order chi connectivity index (χ1) is 15.7. The predicted octanol–water partition coefficient (Wildman–Crippen LogP) is 2.22. The molecule has 0 saturated carbocycles. The molecule has 4 rings (SSSR count). The topological polar surface area (TPSA) is 119 Å². The highest BCUT2D eigenvalue weighted by Crippen LogP contribution is 2.24. The van der Waals surface area contributed by atoms with Crippen LogP contribution in [0.2, 0.25) is 0 Å². The summed E-state index contributed by atoms with van der Waals surface area (Å²) in [6.45, 7) is 5.70. The summed E-state index contributed by atoms with van der Waals surface area (Å²) in [5, 5.41) is 12.3. The van der Waals surface area contributed by atoms with Crippen molar-refractivity contribution >= 4 is 43.4 Å². The highest BCUT2D eigenvalue weighted by molar-refractivity contribution is 7.89. The molecular weight excluding hydrogens is 464 g/mol. The highest BCUT2D eigenvalue weighted by Gasteiger charge is 2.27.